The molecule has 0 aliphatic carbocycles. The molecule has 1 heterocycles. The SMILES string of the molecule is CCOC(=O)Cc1ccccc1OCc1cc(Br)c2oc(C)cc2c1. The Kier molecular flexibility index (Phi) is 5.43. The number of halogens is 1. The number of esters is 1. The van der Waals surface area contributed by atoms with Gasteiger partial charge in [0.1, 0.15) is 23.7 Å². The van der Waals surface area contributed by atoms with E-state index in [0.29, 0.717) is 19.0 Å². The molecule has 0 amide bonds. The number of para-hydroxylation sites is 1. The van der Waals surface area contributed by atoms with Crippen molar-refractivity contribution < 1.29 is 18.7 Å². The first kappa shape index (κ1) is 17.5. The van der Waals surface area contributed by atoms with Crippen LogP contribution in [0.5, 0.6) is 5.75 Å². The van der Waals surface area contributed by atoms with Crippen LogP contribution in [0.2, 0.25) is 0 Å². The number of fused-ring (bicyclic) bond motifs is 1. The largest absolute Gasteiger partial charge is 0.489 e. The lowest BCUT2D eigenvalue weighted by Crippen LogP contribution is -2.09. The molecule has 0 unspecified atom stereocenters. The summed E-state index contributed by atoms with van der Waals surface area (Å²) in [4.78, 5) is 11.7. The first-order valence-corrected chi connectivity index (χ1v) is 8.91. The van der Waals surface area contributed by atoms with Gasteiger partial charge in [0.15, 0.2) is 0 Å². The minimum atomic E-state index is -0.253. The highest BCUT2D eigenvalue weighted by Gasteiger charge is 2.11. The Bertz CT molecular complexity index is 898. The van der Waals surface area contributed by atoms with Crippen molar-refractivity contribution in [1.29, 1.82) is 0 Å². The second-order valence-electron chi connectivity index (χ2n) is 5.73. The fourth-order valence-corrected chi connectivity index (χ4v) is 3.30. The maximum Gasteiger partial charge on any atom is 0.310 e. The fourth-order valence-electron chi connectivity index (χ4n) is 2.70. The summed E-state index contributed by atoms with van der Waals surface area (Å²) in [7, 11) is 0. The fraction of sp³-hybridized carbons (Fsp3) is 0.250. The van der Waals surface area contributed by atoms with E-state index < -0.39 is 0 Å². The number of carbonyl (C=O) groups excluding carboxylic acids is 1. The lowest BCUT2D eigenvalue weighted by Gasteiger charge is -2.11. The highest BCUT2D eigenvalue weighted by atomic mass is 79.9. The lowest BCUT2D eigenvalue weighted by molar-refractivity contribution is -0.142. The van der Waals surface area contributed by atoms with Gasteiger partial charge in [0, 0.05) is 10.9 Å². The van der Waals surface area contributed by atoms with Crippen LogP contribution in [0.1, 0.15) is 23.8 Å². The molecule has 0 radical (unpaired) electrons. The topological polar surface area (TPSA) is 48.7 Å². The molecule has 0 saturated carbocycles. The van der Waals surface area contributed by atoms with E-state index in [1.54, 1.807) is 6.92 Å². The van der Waals surface area contributed by atoms with Crippen molar-refractivity contribution in [3.63, 3.8) is 0 Å². The average Bonchev–Trinajstić information content (AvgIpc) is 2.95. The monoisotopic (exact) mass is 402 g/mol. The average molecular weight is 403 g/mol. The Morgan fingerprint density at radius 2 is 2.00 bits per heavy atom. The number of benzene rings is 2. The molecule has 0 aliphatic rings. The molecule has 0 spiro atoms. The van der Waals surface area contributed by atoms with Gasteiger partial charge in [-0.25, -0.2) is 0 Å². The molecule has 0 N–H and O–H groups in total. The van der Waals surface area contributed by atoms with Gasteiger partial charge in [0.05, 0.1) is 17.5 Å². The molecule has 0 atom stereocenters. The van der Waals surface area contributed by atoms with Gasteiger partial charge in [-0.3, -0.25) is 4.79 Å². The summed E-state index contributed by atoms with van der Waals surface area (Å²) in [5.41, 5.74) is 2.68. The summed E-state index contributed by atoms with van der Waals surface area (Å²) in [6.07, 6.45) is 0.202. The zero-order valence-electron chi connectivity index (χ0n) is 14.2. The molecular formula is C20H19BrO4. The van der Waals surface area contributed by atoms with Crippen LogP contribution >= 0.6 is 15.9 Å². The van der Waals surface area contributed by atoms with Crippen molar-refractivity contribution in [2.45, 2.75) is 26.9 Å². The molecule has 0 aliphatic heterocycles. The minimum Gasteiger partial charge on any atom is -0.489 e. The first-order valence-electron chi connectivity index (χ1n) is 8.11. The summed E-state index contributed by atoms with van der Waals surface area (Å²) in [5, 5.41) is 1.03. The van der Waals surface area contributed by atoms with Crippen molar-refractivity contribution in [2.24, 2.45) is 0 Å². The number of carbonyl (C=O) groups is 1. The predicted molar refractivity (Wildman–Crippen MR) is 99.8 cm³/mol. The third-order valence-corrected chi connectivity index (χ3v) is 4.35. The van der Waals surface area contributed by atoms with Crippen LogP contribution in [-0.2, 0) is 22.6 Å². The predicted octanol–water partition coefficient (Wildman–Crippen LogP) is 5.19. The van der Waals surface area contributed by atoms with E-state index in [4.69, 9.17) is 13.9 Å². The van der Waals surface area contributed by atoms with Gasteiger partial charge in [0.25, 0.3) is 0 Å². The highest BCUT2D eigenvalue weighted by Crippen LogP contribution is 2.29. The molecule has 3 rings (SSSR count). The Balaban J connectivity index is 1.76. The Hall–Kier alpha value is -2.27. The molecule has 3 aromatic rings. The highest BCUT2D eigenvalue weighted by molar-refractivity contribution is 9.10. The van der Waals surface area contributed by atoms with Gasteiger partial charge in [0.2, 0.25) is 0 Å². The van der Waals surface area contributed by atoms with E-state index in [1.165, 1.54) is 0 Å². The summed E-state index contributed by atoms with van der Waals surface area (Å²) in [6, 6.07) is 13.6. The van der Waals surface area contributed by atoms with E-state index >= 15 is 0 Å². The minimum absolute atomic E-state index is 0.202. The Morgan fingerprint density at radius 3 is 2.80 bits per heavy atom. The van der Waals surface area contributed by atoms with Gasteiger partial charge < -0.3 is 13.9 Å². The van der Waals surface area contributed by atoms with Gasteiger partial charge in [-0.2, -0.15) is 0 Å². The van der Waals surface area contributed by atoms with Crippen molar-refractivity contribution in [3.8, 4) is 5.75 Å². The second-order valence-corrected chi connectivity index (χ2v) is 6.59. The van der Waals surface area contributed by atoms with Crippen LogP contribution in [-0.4, -0.2) is 12.6 Å². The zero-order valence-corrected chi connectivity index (χ0v) is 15.8. The second kappa shape index (κ2) is 7.74. The lowest BCUT2D eigenvalue weighted by atomic mass is 10.1. The Labute approximate surface area is 154 Å². The number of aryl methyl sites for hydroxylation is 1. The smallest absolute Gasteiger partial charge is 0.310 e. The van der Waals surface area contributed by atoms with E-state index in [0.717, 1.165) is 32.3 Å². The van der Waals surface area contributed by atoms with Crippen LogP contribution < -0.4 is 4.74 Å². The number of hydrogen-bond acceptors (Lipinski definition) is 4. The van der Waals surface area contributed by atoms with Crippen LogP contribution in [0.25, 0.3) is 11.0 Å². The van der Waals surface area contributed by atoms with E-state index in [-0.39, 0.29) is 12.4 Å². The molecule has 0 saturated heterocycles. The maximum absolute atomic E-state index is 11.7. The van der Waals surface area contributed by atoms with Crippen molar-refractivity contribution >= 4 is 32.9 Å². The quantitative estimate of drug-likeness (QED) is 0.532. The molecule has 130 valence electrons. The maximum atomic E-state index is 11.7. The van der Waals surface area contributed by atoms with Gasteiger partial charge in [-0.15, -0.1) is 0 Å². The van der Waals surface area contributed by atoms with E-state index in [9.17, 15) is 4.79 Å². The first-order chi connectivity index (χ1) is 12.1. The van der Waals surface area contributed by atoms with Crippen LogP contribution in [0.15, 0.2) is 51.4 Å². The summed E-state index contributed by atoms with van der Waals surface area (Å²) in [5.74, 6) is 1.31. The zero-order chi connectivity index (χ0) is 17.8. The molecule has 0 fully saturated rings. The summed E-state index contributed by atoms with van der Waals surface area (Å²) in [6.45, 7) is 4.50. The normalized spacial score (nSPS) is 10.8. The van der Waals surface area contributed by atoms with Crippen molar-refractivity contribution in [2.75, 3.05) is 6.61 Å². The standard InChI is InChI=1S/C20H19BrO4/c1-3-23-19(22)11-15-6-4-5-7-18(15)24-12-14-9-16-8-13(2)25-20(16)17(21)10-14/h4-10H,3,11-12H2,1-2H3. The van der Waals surface area contributed by atoms with E-state index in [2.05, 4.69) is 15.9 Å². The molecule has 0 bridgehead atoms. The number of furan rings is 1. The molecule has 1 aromatic heterocycles. The number of rotatable bonds is 6. The molecule has 2 aromatic carbocycles. The molecule has 4 nitrogen and oxygen atoms in total. The van der Waals surface area contributed by atoms with Crippen LogP contribution in [0, 0.1) is 6.92 Å². The van der Waals surface area contributed by atoms with Crippen LogP contribution in [0.4, 0.5) is 0 Å². The van der Waals surface area contributed by atoms with Crippen LogP contribution in [0.3, 0.4) is 0 Å². The molecule has 25 heavy (non-hydrogen) atoms. The van der Waals surface area contributed by atoms with Crippen molar-refractivity contribution in [3.05, 3.63) is 63.8 Å². The number of ether oxygens (including phenoxy) is 2. The van der Waals surface area contributed by atoms with Gasteiger partial charge in [-0.1, -0.05) is 18.2 Å². The molecule has 5 heteroatoms. The van der Waals surface area contributed by atoms with Gasteiger partial charge >= 0.3 is 5.97 Å². The third kappa shape index (κ3) is 4.23. The summed E-state index contributed by atoms with van der Waals surface area (Å²) < 4.78 is 17.5. The molecular weight excluding hydrogens is 384 g/mol. The third-order valence-electron chi connectivity index (χ3n) is 3.76. The van der Waals surface area contributed by atoms with Gasteiger partial charge in [-0.05, 0) is 59.6 Å². The summed E-state index contributed by atoms with van der Waals surface area (Å²) >= 11 is 3.54. The van der Waals surface area contributed by atoms with Crippen molar-refractivity contribution in [1.82, 2.24) is 0 Å². The van der Waals surface area contributed by atoms with E-state index in [1.807, 2.05) is 49.4 Å². The number of hydrogen-bond donors (Lipinski definition) is 0. The Morgan fingerprint density at radius 1 is 1.20 bits per heavy atom.